The summed E-state index contributed by atoms with van der Waals surface area (Å²) in [6.45, 7) is 6.61. The van der Waals surface area contributed by atoms with E-state index in [0.717, 1.165) is 16.0 Å². The van der Waals surface area contributed by atoms with E-state index >= 15 is 0 Å². The highest BCUT2D eigenvalue weighted by Crippen LogP contribution is 2.32. The van der Waals surface area contributed by atoms with Crippen molar-refractivity contribution in [3.8, 4) is 11.1 Å². The van der Waals surface area contributed by atoms with Crippen molar-refractivity contribution in [1.82, 2.24) is 9.66 Å². The highest BCUT2D eigenvalue weighted by atomic mass is 32.2. The first-order valence-electron chi connectivity index (χ1n) is 9.41. The van der Waals surface area contributed by atoms with Crippen molar-refractivity contribution >= 4 is 33.3 Å². The molecule has 4 rings (SSSR count). The van der Waals surface area contributed by atoms with E-state index < -0.39 is 0 Å². The van der Waals surface area contributed by atoms with Gasteiger partial charge in [0.05, 0.1) is 5.39 Å². The van der Waals surface area contributed by atoms with E-state index in [2.05, 4.69) is 50.0 Å². The van der Waals surface area contributed by atoms with Crippen LogP contribution in [0.3, 0.4) is 0 Å². The normalized spacial score (nSPS) is 11.8. The SMILES string of the molecule is CC(C)(C)c1ccc(CSc2nc3scc(-c4ccccc4)c3c(=O)n2N)cc1. The Bertz CT molecular complexity index is 1200. The third kappa shape index (κ3) is 3.95. The quantitative estimate of drug-likeness (QED) is 0.271. The zero-order chi connectivity index (χ0) is 20.6. The van der Waals surface area contributed by atoms with Gasteiger partial charge in [-0.2, -0.15) is 0 Å². The van der Waals surface area contributed by atoms with Gasteiger partial charge in [-0.25, -0.2) is 9.66 Å². The molecule has 4 nitrogen and oxygen atoms in total. The van der Waals surface area contributed by atoms with Crippen molar-refractivity contribution in [2.75, 3.05) is 5.84 Å². The first kappa shape index (κ1) is 19.7. The van der Waals surface area contributed by atoms with E-state index in [9.17, 15) is 4.79 Å². The van der Waals surface area contributed by atoms with Crippen LogP contribution >= 0.6 is 23.1 Å². The van der Waals surface area contributed by atoms with E-state index in [1.54, 1.807) is 0 Å². The summed E-state index contributed by atoms with van der Waals surface area (Å²) < 4.78 is 1.18. The van der Waals surface area contributed by atoms with Gasteiger partial charge in [0.25, 0.3) is 5.56 Å². The lowest BCUT2D eigenvalue weighted by Crippen LogP contribution is -2.29. The second-order valence-electron chi connectivity index (χ2n) is 8.00. The minimum absolute atomic E-state index is 0.131. The van der Waals surface area contributed by atoms with Gasteiger partial charge < -0.3 is 5.84 Å². The second-order valence-corrected chi connectivity index (χ2v) is 9.80. The molecular weight excluding hydrogens is 398 g/mol. The standard InChI is InChI=1S/C23H23N3OS2/c1-23(2,3)17-11-9-15(10-12-17)13-29-22-25-20-19(21(27)26(22)24)18(14-28-20)16-7-5-4-6-8-16/h4-12,14H,13,24H2,1-3H3. The molecule has 0 bridgehead atoms. The summed E-state index contributed by atoms with van der Waals surface area (Å²) in [6.07, 6.45) is 0. The fraction of sp³-hybridized carbons (Fsp3) is 0.217. The number of benzene rings is 2. The molecule has 2 aromatic carbocycles. The summed E-state index contributed by atoms with van der Waals surface area (Å²) in [5.41, 5.74) is 4.28. The highest BCUT2D eigenvalue weighted by molar-refractivity contribution is 7.98. The van der Waals surface area contributed by atoms with Gasteiger partial charge >= 0.3 is 0 Å². The summed E-state index contributed by atoms with van der Waals surface area (Å²) in [5.74, 6) is 6.83. The zero-order valence-corrected chi connectivity index (χ0v) is 18.3. The molecule has 0 aliphatic heterocycles. The number of hydrogen-bond donors (Lipinski definition) is 1. The van der Waals surface area contributed by atoms with Crippen LogP contribution in [0.2, 0.25) is 0 Å². The predicted octanol–water partition coefficient (Wildman–Crippen LogP) is 5.43. The van der Waals surface area contributed by atoms with E-state index in [1.807, 2.05) is 35.7 Å². The number of nitrogen functional groups attached to an aromatic ring is 1. The minimum atomic E-state index is -0.208. The minimum Gasteiger partial charge on any atom is -0.334 e. The third-order valence-corrected chi connectivity index (χ3v) is 6.78. The van der Waals surface area contributed by atoms with Gasteiger partial charge in [0.1, 0.15) is 4.83 Å². The van der Waals surface area contributed by atoms with Gasteiger partial charge in [-0.05, 0) is 22.1 Å². The smallest absolute Gasteiger partial charge is 0.282 e. The number of nitrogens with two attached hydrogens (primary N) is 1. The molecule has 0 unspecified atom stereocenters. The molecule has 0 aliphatic carbocycles. The van der Waals surface area contributed by atoms with Crippen LogP contribution in [0.4, 0.5) is 0 Å². The Balaban J connectivity index is 1.62. The van der Waals surface area contributed by atoms with Gasteiger partial charge in [0, 0.05) is 16.7 Å². The monoisotopic (exact) mass is 421 g/mol. The summed E-state index contributed by atoms with van der Waals surface area (Å²) in [4.78, 5) is 18.4. The Morgan fingerprint density at radius 3 is 2.41 bits per heavy atom. The Hall–Kier alpha value is -2.57. The molecule has 0 aliphatic rings. The van der Waals surface area contributed by atoms with Crippen molar-refractivity contribution in [2.24, 2.45) is 0 Å². The van der Waals surface area contributed by atoms with E-state index in [-0.39, 0.29) is 11.0 Å². The average Bonchev–Trinajstić information content (AvgIpc) is 3.14. The number of hydrogen-bond acceptors (Lipinski definition) is 5. The maximum atomic E-state index is 13.0. The van der Waals surface area contributed by atoms with Gasteiger partial charge in [-0.15, -0.1) is 11.3 Å². The van der Waals surface area contributed by atoms with Crippen LogP contribution in [0.25, 0.3) is 21.3 Å². The number of thioether (sulfide) groups is 1. The van der Waals surface area contributed by atoms with Gasteiger partial charge in [-0.1, -0.05) is 87.1 Å². The number of nitrogens with zero attached hydrogens (tertiary/aromatic N) is 2. The summed E-state index contributed by atoms with van der Waals surface area (Å²) in [6, 6.07) is 18.4. The predicted molar refractivity (Wildman–Crippen MR) is 124 cm³/mol. The summed E-state index contributed by atoms with van der Waals surface area (Å²) in [7, 11) is 0. The number of fused-ring (bicyclic) bond motifs is 1. The fourth-order valence-electron chi connectivity index (χ4n) is 3.17. The molecule has 0 saturated carbocycles. The molecule has 0 atom stereocenters. The molecule has 2 aromatic heterocycles. The van der Waals surface area contributed by atoms with Crippen LogP contribution in [0, 0.1) is 0 Å². The van der Waals surface area contributed by atoms with Crippen LogP contribution < -0.4 is 11.4 Å². The first-order chi connectivity index (χ1) is 13.8. The molecule has 6 heteroatoms. The zero-order valence-electron chi connectivity index (χ0n) is 16.7. The first-order valence-corrected chi connectivity index (χ1v) is 11.3. The van der Waals surface area contributed by atoms with Crippen LogP contribution in [-0.2, 0) is 11.2 Å². The van der Waals surface area contributed by atoms with Crippen LogP contribution in [0.15, 0.2) is 69.9 Å². The van der Waals surface area contributed by atoms with Gasteiger partial charge in [0.2, 0.25) is 0 Å². The Kier molecular flexibility index (Phi) is 5.23. The van der Waals surface area contributed by atoms with Crippen molar-refractivity contribution in [1.29, 1.82) is 0 Å². The molecule has 0 amide bonds. The van der Waals surface area contributed by atoms with Crippen LogP contribution in [0.1, 0.15) is 31.9 Å². The average molecular weight is 422 g/mol. The number of thiophene rings is 1. The van der Waals surface area contributed by atoms with Crippen LogP contribution in [-0.4, -0.2) is 9.66 Å². The number of rotatable bonds is 4. The maximum absolute atomic E-state index is 13.0. The summed E-state index contributed by atoms with van der Waals surface area (Å²) in [5, 5.41) is 3.10. The Morgan fingerprint density at radius 1 is 1.07 bits per heavy atom. The van der Waals surface area contributed by atoms with Gasteiger partial charge in [0.15, 0.2) is 5.16 Å². The molecule has 0 fully saturated rings. The van der Waals surface area contributed by atoms with Crippen LogP contribution in [0.5, 0.6) is 0 Å². The highest BCUT2D eigenvalue weighted by Gasteiger charge is 2.17. The largest absolute Gasteiger partial charge is 0.334 e. The van der Waals surface area contributed by atoms with Gasteiger partial charge in [-0.3, -0.25) is 4.79 Å². The van der Waals surface area contributed by atoms with Crippen molar-refractivity contribution < 1.29 is 0 Å². The number of aromatic nitrogens is 2. The van der Waals surface area contributed by atoms with E-state index in [4.69, 9.17) is 5.84 Å². The molecule has 148 valence electrons. The molecule has 2 N–H and O–H groups in total. The third-order valence-electron chi connectivity index (χ3n) is 4.88. The molecular formula is C23H23N3OS2. The molecule has 4 aromatic rings. The molecule has 2 heterocycles. The molecule has 0 saturated heterocycles. The Morgan fingerprint density at radius 2 is 1.76 bits per heavy atom. The van der Waals surface area contributed by atoms with Crippen molar-refractivity contribution in [3.05, 3.63) is 81.5 Å². The van der Waals surface area contributed by atoms with E-state index in [0.29, 0.717) is 16.3 Å². The van der Waals surface area contributed by atoms with Crippen molar-refractivity contribution in [2.45, 2.75) is 37.1 Å². The molecule has 0 radical (unpaired) electrons. The second kappa shape index (κ2) is 7.69. The Labute approximate surface area is 178 Å². The topological polar surface area (TPSA) is 60.9 Å². The fourth-order valence-corrected chi connectivity index (χ4v) is 5.03. The lowest BCUT2D eigenvalue weighted by Gasteiger charge is -2.19. The summed E-state index contributed by atoms with van der Waals surface area (Å²) >= 11 is 2.96. The lowest BCUT2D eigenvalue weighted by atomic mass is 9.87. The van der Waals surface area contributed by atoms with Crippen molar-refractivity contribution in [3.63, 3.8) is 0 Å². The lowest BCUT2D eigenvalue weighted by molar-refractivity contribution is 0.590. The van der Waals surface area contributed by atoms with E-state index in [1.165, 1.54) is 38.9 Å². The maximum Gasteiger partial charge on any atom is 0.282 e. The molecule has 0 spiro atoms. The molecule has 29 heavy (non-hydrogen) atoms.